The van der Waals surface area contributed by atoms with Gasteiger partial charge in [0.2, 0.25) is 0 Å². The molecule has 0 spiro atoms. The molecule has 1 aromatic heterocycles. The molecule has 1 amide bonds. The second-order valence-corrected chi connectivity index (χ2v) is 6.29. The predicted octanol–water partition coefficient (Wildman–Crippen LogP) is 3.30. The number of anilines is 3. The number of nitrogens with zero attached hydrogens (tertiary/aromatic N) is 1. The van der Waals surface area contributed by atoms with Crippen LogP contribution in [0.15, 0.2) is 30.3 Å². The Morgan fingerprint density at radius 3 is 2.54 bits per heavy atom. The average Bonchev–Trinajstić information content (AvgIpc) is 3.34. The predicted molar refractivity (Wildman–Crippen MR) is 103 cm³/mol. The molecule has 26 heavy (non-hydrogen) atoms. The second-order valence-electron chi connectivity index (χ2n) is 6.29. The first-order valence-electron chi connectivity index (χ1n) is 8.73. The van der Waals surface area contributed by atoms with Crippen molar-refractivity contribution in [2.75, 3.05) is 17.2 Å². The van der Waals surface area contributed by atoms with Crippen LogP contribution in [0.2, 0.25) is 0 Å². The Kier molecular flexibility index (Phi) is 6.15. The highest BCUT2D eigenvalue weighted by molar-refractivity contribution is 5.98. The maximum Gasteiger partial charge on any atom is 0.252 e. The van der Waals surface area contributed by atoms with Crippen LogP contribution in [0.4, 0.5) is 21.7 Å². The molecule has 3 rings (SSSR count). The van der Waals surface area contributed by atoms with Gasteiger partial charge in [0, 0.05) is 17.8 Å². The van der Waals surface area contributed by atoms with Gasteiger partial charge in [0.05, 0.1) is 5.56 Å². The molecule has 1 heterocycles. The van der Waals surface area contributed by atoms with Crippen LogP contribution < -0.4 is 22.1 Å². The SMILES string of the molecule is CC.Cc1cccc(Nc2nc(NCC3(N)CC3)c(F)cc2C(N)=O)c1. The summed E-state index contributed by atoms with van der Waals surface area (Å²) in [5.41, 5.74) is 12.8. The number of halogens is 1. The molecule has 2 aromatic rings. The third-order valence-corrected chi connectivity index (χ3v) is 4.02. The van der Waals surface area contributed by atoms with Crippen LogP contribution in [0.1, 0.15) is 42.6 Å². The fraction of sp³-hybridized carbons (Fsp3) is 0.368. The lowest BCUT2D eigenvalue weighted by Gasteiger charge is -2.15. The van der Waals surface area contributed by atoms with Crippen molar-refractivity contribution in [3.8, 4) is 0 Å². The summed E-state index contributed by atoms with van der Waals surface area (Å²) in [6, 6.07) is 8.63. The number of rotatable bonds is 6. The summed E-state index contributed by atoms with van der Waals surface area (Å²) in [7, 11) is 0. The van der Waals surface area contributed by atoms with Gasteiger partial charge in [-0.15, -0.1) is 0 Å². The van der Waals surface area contributed by atoms with Gasteiger partial charge >= 0.3 is 0 Å². The van der Waals surface area contributed by atoms with Crippen molar-refractivity contribution in [1.82, 2.24) is 4.98 Å². The van der Waals surface area contributed by atoms with E-state index in [9.17, 15) is 9.18 Å². The summed E-state index contributed by atoms with van der Waals surface area (Å²) in [5.74, 6) is -1.13. The number of carbonyl (C=O) groups is 1. The Morgan fingerprint density at radius 2 is 1.96 bits per heavy atom. The van der Waals surface area contributed by atoms with E-state index in [4.69, 9.17) is 11.5 Å². The molecular weight excluding hydrogens is 333 g/mol. The Bertz CT molecular complexity index is 789. The van der Waals surface area contributed by atoms with Crippen molar-refractivity contribution in [3.05, 3.63) is 47.3 Å². The number of pyridine rings is 1. The summed E-state index contributed by atoms with van der Waals surface area (Å²) >= 11 is 0. The third kappa shape index (κ3) is 4.92. The first-order valence-corrected chi connectivity index (χ1v) is 8.73. The molecule has 0 radical (unpaired) electrons. The summed E-state index contributed by atoms with van der Waals surface area (Å²) in [6.45, 7) is 6.37. The topological polar surface area (TPSA) is 106 Å². The molecule has 1 aliphatic rings. The quantitative estimate of drug-likeness (QED) is 0.633. The van der Waals surface area contributed by atoms with Crippen LogP contribution in [0.3, 0.4) is 0 Å². The summed E-state index contributed by atoms with van der Waals surface area (Å²) in [6.07, 6.45) is 1.80. The molecule has 6 nitrogen and oxygen atoms in total. The van der Waals surface area contributed by atoms with Gasteiger partial charge in [0.1, 0.15) is 5.82 Å². The maximum atomic E-state index is 14.2. The number of aromatic nitrogens is 1. The van der Waals surface area contributed by atoms with E-state index in [1.807, 2.05) is 45.0 Å². The van der Waals surface area contributed by atoms with Crippen molar-refractivity contribution in [2.45, 2.75) is 39.2 Å². The van der Waals surface area contributed by atoms with Gasteiger partial charge in [-0.3, -0.25) is 4.79 Å². The number of hydrogen-bond acceptors (Lipinski definition) is 5. The van der Waals surface area contributed by atoms with Gasteiger partial charge in [-0.2, -0.15) is 0 Å². The minimum Gasteiger partial charge on any atom is -0.366 e. The van der Waals surface area contributed by atoms with Crippen LogP contribution in [0.25, 0.3) is 0 Å². The van der Waals surface area contributed by atoms with Crippen LogP contribution in [-0.2, 0) is 0 Å². The Hall–Kier alpha value is -2.67. The number of nitrogens with two attached hydrogens (primary N) is 2. The maximum absolute atomic E-state index is 14.2. The van der Waals surface area contributed by atoms with E-state index in [-0.39, 0.29) is 22.7 Å². The van der Waals surface area contributed by atoms with E-state index in [0.29, 0.717) is 6.54 Å². The molecule has 7 heteroatoms. The van der Waals surface area contributed by atoms with Crippen molar-refractivity contribution in [3.63, 3.8) is 0 Å². The lowest BCUT2D eigenvalue weighted by molar-refractivity contribution is 0.100. The highest BCUT2D eigenvalue weighted by Crippen LogP contribution is 2.32. The largest absolute Gasteiger partial charge is 0.366 e. The van der Waals surface area contributed by atoms with Gasteiger partial charge in [-0.1, -0.05) is 26.0 Å². The molecule has 0 aliphatic heterocycles. The van der Waals surface area contributed by atoms with Gasteiger partial charge in [-0.05, 0) is 43.5 Å². The van der Waals surface area contributed by atoms with E-state index < -0.39 is 11.7 Å². The molecule has 1 aliphatic carbocycles. The Labute approximate surface area is 153 Å². The Morgan fingerprint density at radius 1 is 1.27 bits per heavy atom. The average molecular weight is 359 g/mol. The van der Waals surface area contributed by atoms with Gasteiger partial charge in [0.15, 0.2) is 11.6 Å². The van der Waals surface area contributed by atoms with E-state index >= 15 is 0 Å². The highest BCUT2D eigenvalue weighted by atomic mass is 19.1. The first kappa shape index (κ1) is 19.7. The number of hydrogen-bond donors (Lipinski definition) is 4. The summed E-state index contributed by atoms with van der Waals surface area (Å²) < 4.78 is 14.2. The zero-order chi connectivity index (χ0) is 19.3. The zero-order valence-electron chi connectivity index (χ0n) is 15.4. The molecular formula is C19H26FN5O. The molecule has 0 atom stereocenters. The number of primary amides is 1. The third-order valence-electron chi connectivity index (χ3n) is 4.02. The lowest BCUT2D eigenvalue weighted by atomic mass is 10.2. The number of aryl methyl sites for hydroxylation is 1. The normalized spacial score (nSPS) is 14.0. The number of carbonyl (C=O) groups excluding carboxylic acids is 1. The highest BCUT2D eigenvalue weighted by Gasteiger charge is 2.38. The lowest BCUT2D eigenvalue weighted by Crippen LogP contribution is -2.31. The number of nitrogens with one attached hydrogen (secondary N) is 2. The number of amides is 1. The van der Waals surface area contributed by atoms with Crippen molar-refractivity contribution >= 4 is 23.2 Å². The minimum atomic E-state index is -0.749. The smallest absolute Gasteiger partial charge is 0.252 e. The summed E-state index contributed by atoms with van der Waals surface area (Å²) in [5, 5.41) is 5.94. The van der Waals surface area contributed by atoms with Gasteiger partial charge in [-0.25, -0.2) is 9.37 Å². The van der Waals surface area contributed by atoms with E-state index in [1.54, 1.807) is 0 Å². The molecule has 1 fully saturated rings. The molecule has 1 saturated carbocycles. The van der Waals surface area contributed by atoms with Crippen molar-refractivity contribution < 1.29 is 9.18 Å². The van der Waals surface area contributed by atoms with Crippen molar-refractivity contribution in [1.29, 1.82) is 0 Å². The fourth-order valence-electron chi connectivity index (χ4n) is 2.35. The fourth-order valence-corrected chi connectivity index (χ4v) is 2.35. The molecule has 0 unspecified atom stereocenters. The van der Waals surface area contributed by atoms with Crippen LogP contribution >= 0.6 is 0 Å². The van der Waals surface area contributed by atoms with E-state index in [2.05, 4.69) is 15.6 Å². The first-order chi connectivity index (χ1) is 12.4. The van der Waals surface area contributed by atoms with Gasteiger partial charge < -0.3 is 22.1 Å². The second kappa shape index (κ2) is 8.14. The summed E-state index contributed by atoms with van der Waals surface area (Å²) in [4.78, 5) is 15.8. The van der Waals surface area contributed by atoms with Crippen LogP contribution in [-0.4, -0.2) is 23.0 Å². The van der Waals surface area contributed by atoms with Gasteiger partial charge in [0.25, 0.3) is 5.91 Å². The standard InChI is InChI=1S/C17H20FN5O.C2H6/c1-10-3-2-4-11(7-10)22-15-12(14(19)24)8-13(18)16(23-15)21-9-17(20)5-6-17;1-2/h2-4,7-8H,5-6,9,20H2,1H3,(H2,19,24)(H2,21,22,23);1-2H3. The van der Waals surface area contributed by atoms with Crippen LogP contribution in [0, 0.1) is 12.7 Å². The van der Waals surface area contributed by atoms with E-state index in [1.165, 1.54) is 0 Å². The number of benzene rings is 1. The molecule has 140 valence electrons. The molecule has 6 N–H and O–H groups in total. The zero-order valence-corrected chi connectivity index (χ0v) is 15.4. The molecule has 0 bridgehead atoms. The molecule has 0 saturated heterocycles. The Balaban J connectivity index is 0.00000117. The monoisotopic (exact) mass is 359 g/mol. The van der Waals surface area contributed by atoms with Crippen molar-refractivity contribution in [2.24, 2.45) is 11.5 Å². The minimum absolute atomic E-state index is 0.00607. The van der Waals surface area contributed by atoms with Crippen LogP contribution in [0.5, 0.6) is 0 Å². The molecule has 1 aromatic carbocycles. The van der Waals surface area contributed by atoms with E-state index in [0.717, 1.165) is 30.2 Å².